The molecule has 9 heteroatoms. The molecule has 3 aromatic carbocycles. The number of carbonyl (C=O) groups is 2. The van der Waals surface area contributed by atoms with E-state index in [0.717, 1.165) is 15.7 Å². The van der Waals surface area contributed by atoms with Crippen molar-refractivity contribution in [3.05, 3.63) is 97.2 Å². The number of phenolic OH excluding ortho intramolecular Hbond substituents is 1. The summed E-state index contributed by atoms with van der Waals surface area (Å²) in [6, 6.07) is 19.6. The number of nitrogens with zero attached hydrogens (tertiary/aromatic N) is 2. The Morgan fingerprint density at radius 3 is 2.38 bits per heavy atom. The third kappa shape index (κ3) is 6.91. The van der Waals surface area contributed by atoms with Gasteiger partial charge in [0.25, 0.3) is 11.8 Å². The van der Waals surface area contributed by atoms with Crippen LogP contribution in [-0.4, -0.2) is 37.2 Å². The maximum absolute atomic E-state index is 12.9. The van der Waals surface area contributed by atoms with Crippen LogP contribution >= 0.6 is 38.5 Å². The number of amides is 2. The molecule has 0 unspecified atom stereocenters. The lowest BCUT2D eigenvalue weighted by Crippen LogP contribution is -2.32. The van der Waals surface area contributed by atoms with E-state index in [2.05, 4.69) is 31.8 Å². The first-order valence-corrected chi connectivity index (χ1v) is 12.0. The Kier molecular flexibility index (Phi) is 8.83. The summed E-state index contributed by atoms with van der Waals surface area (Å²) in [7, 11) is 3.87. The molecule has 0 atom stereocenters. The minimum absolute atomic E-state index is 0.0247. The van der Waals surface area contributed by atoms with Crippen molar-refractivity contribution < 1.29 is 14.7 Å². The molecule has 0 aliphatic heterocycles. The van der Waals surface area contributed by atoms with Gasteiger partial charge < -0.3 is 15.3 Å². The van der Waals surface area contributed by atoms with E-state index in [4.69, 9.17) is 0 Å². The van der Waals surface area contributed by atoms with Crippen molar-refractivity contribution in [2.45, 2.75) is 0 Å². The van der Waals surface area contributed by atoms with Gasteiger partial charge in [-0.2, -0.15) is 5.10 Å². The van der Waals surface area contributed by atoms with Crippen molar-refractivity contribution in [1.29, 1.82) is 0 Å². The molecule has 0 aromatic heterocycles. The molecule has 3 N–H and O–H groups in total. The van der Waals surface area contributed by atoms with Gasteiger partial charge in [-0.1, -0.05) is 46.3 Å². The van der Waals surface area contributed by atoms with Gasteiger partial charge in [0.1, 0.15) is 11.4 Å². The van der Waals surface area contributed by atoms with Gasteiger partial charge in [0.05, 0.1) is 9.78 Å². The highest BCUT2D eigenvalue weighted by atomic mass is 127. The number of carbonyl (C=O) groups excluding carboxylic acids is 2. The fourth-order valence-corrected chi connectivity index (χ4v) is 4.43. The number of hydrogen-bond donors (Lipinski definition) is 3. The molecule has 34 heavy (non-hydrogen) atoms. The summed E-state index contributed by atoms with van der Waals surface area (Å²) in [5, 5.41) is 16.8. The zero-order chi connectivity index (χ0) is 24.7. The SMILES string of the molecule is CN(C)c1ccc(C=C(NC(=O)c2ccccc2)C(=O)NN=Cc2cc(Br)cc(I)c2O)cc1. The second-order valence-electron chi connectivity index (χ2n) is 7.39. The smallest absolute Gasteiger partial charge is 0.287 e. The van der Waals surface area contributed by atoms with Gasteiger partial charge in [0.15, 0.2) is 0 Å². The summed E-state index contributed by atoms with van der Waals surface area (Å²) in [5.41, 5.74) is 5.02. The maximum Gasteiger partial charge on any atom is 0.287 e. The lowest BCUT2D eigenvalue weighted by Gasteiger charge is -2.12. The molecule has 0 bridgehead atoms. The Morgan fingerprint density at radius 1 is 1.06 bits per heavy atom. The number of hydrazone groups is 1. The van der Waals surface area contributed by atoms with Gasteiger partial charge in [0, 0.05) is 35.4 Å². The van der Waals surface area contributed by atoms with Crippen molar-refractivity contribution in [1.82, 2.24) is 10.7 Å². The third-order valence-electron chi connectivity index (χ3n) is 4.68. The fraction of sp³-hybridized carbons (Fsp3) is 0.0800. The van der Waals surface area contributed by atoms with Gasteiger partial charge >= 0.3 is 0 Å². The van der Waals surface area contributed by atoms with E-state index >= 15 is 0 Å². The number of hydrogen-bond acceptors (Lipinski definition) is 5. The molecule has 0 saturated carbocycles. The quantitative estimate of drug-likeness (QED) is 0.152. The average Bonchev–Trinajstić information content (AvgIpc) is 2.82. The van der Waals surface area contributed by atoms with Gasteiger partial charge in [0.2, 0.25) is 0 Å². The molecule has 174 valence electrons. The minimum Gasteiger partial charge on any atom is -0.506 e. The minimum atomic E-state index is -0.610. The number of aromatic hydroxyl groups is 1. The molecule has 0 fully saturated rings. The number of rotatable bonds is 7. The largest absolute Gasteiger partial charge is 0.506 e. The summed E-state index contributed by atoms with van der Waals surface area (Å²) in [5.74, 6) is -0.979. The summed E-state index contributed by atoms with van der Waals surface area (Å²) in [4.78, 5) is 27.6. The van der Waals surface area contributed by atoms with Crippen molar-refractivity contribution in [2.24, 2.45) is 5.10 Å². The van der Waals surface area contributed by atoms with E-state index in [1.807, 2.05) is 65.9 Å². The highest BCUT2D eigenvalue weighted by molar-refractivity contribution is 14.1. The third-order valence-corrected chi connectivity index (χ3v) is 5.96. The average molecular weight is 633 g/mol. The second-order valence-corrected chi connectivity index (χ2v) is 9.47. The summed E-state index contributed by atoms with van der Waals surface area (Å²) >= 11 is 5.37. The van der Waals surface area contributed by atoms with E-state index in [9.17, 15) is 14.7 Å². The molecule has 0 radical (unpaired) electrons. The Balaban J connectivity index is 1.84. The van der Waals surface area contributed by atoms with E-state index in [1.54, 1.807) is 48.5 Å². The van der Waals surface area contributed by atoms with Crippen molar-refractivity contribution in [3.63, 3.8) is 0 Å². The predicted octanol–water partition coefficient (Wildman–Crippen LogP) is 4.75. The molecule has 0 saturated heterocycles. The highest BCUT2D eigenvalue weighted by Gasteiger charge is 2.14. The van der Waals surface area contributed by atoms with Crippen LogP contribution in [0.1, 0.15) is 21.5 Å². The molecule has 3 aromatic rings. The normalized spacial score (nSPS) is 11.4. The van der Waals surface area contributed by atoms with E-state index in [0.29, 0.717) is 14.7 Å². The number of nitrogens with one attached hydrogen (secondary N) is 2. The van der Waals surface area contributed by atoms with Gasteiger partial charge in [-0.25, -0.2) is 5.43 Å². The number of halogens is 2. The topological polar surface area (TPSA) is 94.0 Å². The van der Waals surface area contributed by atoms with Gasteiger partial charge in [-0.15, -0.1) is 0 Å². The van der Waals surface area contributed by atoms with E-state index < -0.39 is 11.8 Å². The van der Waals surface area contributed by atoms with Crippen LogP contribution in [0.4, 0.5) is 5.69 Å². The molecule has 0 heterocycles. The molecular formula is C25H22BrIN4O3. The zero-order valence-electron chi connectivity index (χ0n) is 18.4. The molecule has 0 spiro atoms. The zero-order valence-corrected chi connectivity index (χ0v) is 22.2. The van der Waals surface area contributed by atoms with Gasteiger partial charge in [-0.05, 0) is 70.6 Å². The number of benzene rings is 3. The fourth-order valence-electron chi connectivity index (χ4n) is 2.88. The van der Waals surface area contributed by atoms with Crippen LogP contribution in [0.15, 0.2) is 82.0 Å². The Morgan fingerprint density at radius 2 is 1.74 bits per heavy atom. The van der Waals surface area contributed by atoms with Gasteiger partial charge in [-0.3, -0.25) is 9.59 Å². The monoisotopic (exact) mass is 632 g/mol. The van der Waals surface area contributed by atoms with Crippen LogP contribution in [0.2, 0.25) is 0 Å². The maximum atomic E-state index is 12.9. The van der Waals surface area contributed by atoms with Crippen LogP contribution in [0.5, 0.6) is 5.75 Å². The lowest BCUT2D eigenvalue weighted by atomic mass is 10.1. The predicted molar refractivity (Wildman–Crippen MR) is 147 cm³/mol. The van der Waals surface area contributed by atoms with Crippen LogP contribution in [0.25, 0.3) is 6.08 Å². The molecular weight excluding hydrogens is 611 g/mol. The Labute approximate surface area is 219 Å². The highest BCUT2D eigenvalue weighted by Crippen LogP contribution is 2.27. The van der Waals surface area contributed by atoms with Crippen molar-refractivity contribution in [3.8, 4) is 5.75 Å². The summed E-state index contributed by atoms with van der Waals surface area (Å²) in [6.07, 6.45) is 2.91. The number of anilines is 1. The van der Waals surface area contributed by atoms with E-state index in [-0.39, 0.29) is 11.4 Å². The van der Waals surface area contributed by atoms with Crippen LogP contribution in [0, 0.1) is 3.57 Å². The van der Waals surface area contributed by atoms with Crippen LogP contribution < -0.4 is 15.6 Å². The van der Waals surface area contributed by atoms with Crippen LogP contribution in [-0.2, 0) is 4.79 Å². The first-order valence-electron chi connectivity index (χ1n) is 10.1. The van der Waals surface area contributed by atoms with Crippen LogP contribution in [0.3, 0.4) is 0 Å². The Hall–Kier alpha value is -3.18. The molecule has 0 aliphatic carbocycles. The second kappa shape index (κ2) is 11.8. The van der Waals surface area contributed by atoms with Crippen molar-refractivity contribution >= 4 is 68.3 Å². The lowest BCUT2D eigenvalue weighted by molar-refractivity contribution is -0.117. The standard InChI is InChI=1S/C25H22BrIN4O3/c1-31(2)20-10-8-16(9-11-20)12-22(29-24(33)17-6-4-3-5-7-17)25(34)30-28-15-18-13-19(26)14-21(27)23(18)32/h3-15,32H,1-2H3,(H,29,33)(H,30,34). The summed E-state index contributed by atoms with van der Waals surface area (Å²) in [6.45, 7) is 0. The van der Waals surface area contributed by atoms with Crippen molar-refractivity contribution in [2.75, 3.05) is 19.0 Å². The summed E-state index contributed by atoms with van der Waals surface area (Å²) < 4.78 is 1.40. The number of phenols is 1. The first kappa shape index (κ1) is 25.4. The molecule has 7 nitrogen and oxygen atoms in total. The first-order chi connectivity index (χ1) is 16.2. The van der Waals surface area contributed by atoms with E-state index in [1.165, 1.54) is 6.21 Å². The Bertz CT molecular complexity index is 1240. The molecule has 2 amide bonds. The molecule has 3 rings (SSSR count). The molecule has 0 aliphatic rings.